The molecule has 0 aliphatic carbocycles. The molecule has 2 heterocycles. The molecule has 0 saturated carbocycles. The number of hydrogen-bond donors (Lipinski definition) is 1. The normalized spacial score (nSPS) is 16.9. The number of morpholine rings is 1. The third-order valence-electron chi connectivity index (χ3n) is 4.33. The van der Waals surface area contributed by atoms with Gasteiger partial charge in [0.2, 0.25) is 0 Å². The number of aliphatic hydroxyl groups excluding tert-OH is 1. The van der Waals surface area contributed by atoms with E-state index < -0.39 is 6.10 Å². The van der Waals surface area contributed by atoms with Gasteiger partial charge < -0.3 is 19.2 Å². The number of furan rings is 1. The highest BCUT2D eigenvalue weighted by atomic mass is 16.5. The lowest BCUT2D eigenvalue weighted by Gasteiger charge is -2.31. The lowest BCUT2D eigenvalue weighted by Crippen LogP contribution is -2.44. The molecule has 3 rings (SSSR count). The number of nitrogens with zero attached hydrogens (tertiary/aromatic N) is 2. The number of aliphatic hydroxyl groups is 1. The van der Waals surface area contributed by atoms with E-state index in [9.17, 15) is 5.11 Å². The highest BCUT2D eigenvalue weighted by molar-refractivity contribution is 5.47. The number of anilines is 1. The molecule has 2 aromatic rings. The zero-order valence-electron chi connectivity index (χ0n) is 14.2. The van der Waals surface area contributed by atoms with Crippen LogP contribution in [-0.2, 0) is 11.3 Å². The highest BCUT2D eigenvalue weighted by Gasteiger charge is 2.18. The van der Waals surface area contributed by atoms with Gasteiger partial charge in [-0.15, -0.1) is 0 Å². The van der Waals surface area contributed by atoms with Crippen molar-refractivity contribution in [3.05, 3.63) is 54.0 Å². The van der Waals surface area contributed by atoms with Gasteiger partial charge in [-0.25, -0.2) is 0 Å². The van der Waals surface area contributed by atoms with Gasteiger partial charge in [0, 0.05) is 31.9 Å². The molecule has 0 bridgehead atoms. The highest BCUT2D eigenvalue weighted by Crippen LogP contribution is 2.19. The Morgan fingerprint density at radius 2 is 1.92 bits per heavy atom. The number of ether oxygens (including phenoxy) is 1. The molecule has 0 amide bonds. The molecule has 1 unspecified atom stereocenters. The van der Waals surface area contributed by atoms with E-state index >= 15 is 0 Å². The van der Waals surface area contributed by atoms with Gasteiger partial charge in [0.15, 0.2) is 0 Å². The molecule has 1 atom stereocenters. The van der Waals surface area contributed by atoms with E-state index in [1.807, 2.05) is 12.1 Å². The van der Waals surface area contributed by atoms with E-state index in [2.05, 4.69) is 41.0 Å². The van der Waals surface area contributed by atoms with Crippen LogP contribution in [0.4, 0.5) is 5.69 Å². The summed E-state index contributed by atoms with van der Waals surface area (Å²) >= 11 is 0. The summed E-state index contributed by atoms with van der Waals surface area (Å²) < 4.78 is 10.9. The smallest absolute Gasteiger partial charge is 0.123 e. The number of β-amino-alcohol motifs (C(OH)–C–C–N with tert-alkyl or cyclic N) is 1. The summed E-state index contributed by atoms with van der Waals surface area (Å²) in [4.78, 5) is 4.43. The lowest BCUT2D eigenvalue weighted by atomic mass is 10.2. The van der Waals surface area contributed by atoms with Crippen LogP contribution in [0, 0.1) is 6.92 Å². The monoisotopic (exact) mass is 330 g/mol. The Bertz CT molecular complexity index is 592. The summed E-state index contributed by atoms with van der Waals surface area (Å²) in [5.74, 6) is 0.897. The Kier molecular flexibility index (Phi) is 5.91. The van der Waals surface area contributed by atoms with Crippen molar-refractivity contribution in [3.8, 4) is 0 Å². The van der Waals surface area contributed by atoms with Crippen LogP contribution in [0.15, 0.2) is 47.1 Å². The van der Waals surface area contributed by atoms with Crippen molar-refractivity contribution in [2.75, 3.05) is 44.3 Å². The molecule has 1 aromatic heterocycles. The van der Waals surface area contributed by atoms with Crippen molar-refractivity contribution in [3.63, 3.8) is 0 Å². The molecule has 5 nitrogen and oxygen atoms in total. The molecular formula is C19H26N2O3. The topological polar surface area (TPSA) is 49.1 Å². The predicted octanol–water partition coefficient (Wildman–Crippen LogP) is 2.29. The summed E-state index contributed by atoms with van der Waals surface area (Å²) in [5, 5.41) is 10.6. The molecule has 0 spiro atoms. The van der Waals surface area contributed by atoms with E-state index in [0.717, 1.165) is 37.8 Å². The van der Waals surface area contributed by atoms with Crippen LogP contribution in [0.1, 0.15) is 11.3 Å². The van der Waals surface area contributed by atoms with Gasteiger partial charge in [-0.1, -0.05) is 17.7 Å². The molecular weight excluding hydrogens is 304 g/mol. The Morgan fingerprint density at radius 3 is 2.58 bits per heavy atom. The molecule has 1 fully saturated rings. The Balaban J connectivity index is 1.65. The lowest BCUT2D eigenvalue weighted by molar-refractivity contribution is 0.0160. The first kappa shape index (κ1) is 17.0. The summed E-state index contributed by atoms with van der Waals surface area (Å²) in [7, 11) is 0. The van der Waals surface area contributed by atoms with Gasteiger partial charge in [-0.2, -0.15) is 0 Å². The Labute approximate surface area is 143 Å². The summed E-state index contributed by atoms with van der Waals surface area (Å²) in [6.45, 7) is 7.25. The Morgan fingerprint density at radius 1 is 1.17 bits per heavy atom. The van der Waals surface area contributed by atoms with E-state index in [1.54, 1.807) is 6.26 Å². The largest absolute Gasteiger partial charge is 0.467 e. The van der Waals surface area contributed by atoms with Crippen molar-refractivity contribution in [1.82, 2.24) is 4.90 Å². The zero-order chi connectivity index (χ0) is 16.8. The average molecular weight is 330 g/mol. The van der Waals surface area contributed by atoms with Crippen molar-refractivity contribution in [2.24, 2.45) is 0 Å². The van der Waals surface area contributed by atoms with E-state index in [-0.39, 0.29) is 0 Å². The minimum absolute atomic E-state index is 0.417. The van der Waals surface area contributed by atoms with Crippen LogP contribution >= 0.6 is 0 Å². The van der Waals surface area contributed by atoms with Crippen LogP contribution in [0.2, 0.25) is 0 Å². The zero-order valence-corrected chi connectivity index (χ0v) is 14.2. The molecule has 24 heavy (non-hydrogen) atoms. The van der Waals surface area contributed by atoms with Crippen molar-refractivity contribution < 1.29 is 14.3 Å². The quantitative estimate of drug-likeness (QED) is 0.844. The second-order valence-corrected chi connectivity index (χ2v) is 6.36. The van der Waals surface area contributed by atoms with Gasteiger partial charge in [0.25, 0.3) is 0 Å². The van der Waals surface area contributed by atoms with Gasteiger partial charge in [0.1, 0.15) is 5.76 Å². The van der Waals surface area contributed by atoms with E-state index in [0.29, 0.717) is 19.6 Å². The molecule has 0 radical (unpaired) electrons. The first-order valence-corrected chi connectivity index (χ1v) is 8.53. The minimum atomic E-state index is -0.417. The molecule has 1 aliphatic rings. The average Bonchev–Trinajstić information content (AvgIpc) is 3.09. The van der Waals surface area contributed by atoms with Gasteiger partial charge in [-0.05, 0) is 31.2 Å². The minimum Gasteiger partial charge on any atom is -0.467 e. The standard InChI is InChI=1S/C19H26N2O3/c1-16-4-6-17(7-5-16)21(15-19-3-2-10-24-19)14-18(22)13-20-8-11-23-12-9-20/h2-7,10,18,22H,8-9,11-15H2,1H3. The molecule has 130 valence electrons. The predicted molar refractivity (Wildman–Crippen MR) is 94.2 cm³/mol. The molecule has 1 aliphatic heterocycles. The Hall–Kier alpha value is -1.82. The summed E-state index contributed by atoms with van der Waals surface area (Å²) in [6, 6.07) is 12.2. The fraction of sp³-hybridized carbons (Fsp3) is 0.474. The van der Waals surface area contributed by atoms with Crippen LogP contribution in [0.5, 0.6) is 0 Å². The maximum absolute atomic E-state index is 10.6. The third kappa shape index (κ3) is 4.84. The maximum atomic E-state index is 10.6. The fourth-order valence-corrected chi connectivity index (χ4v) is 3.00. The maximum Gasteiger partial charge on any atom is 0.123 e. The van der Waals surface area contributed by atoms with Crippen LogP contribution in [-0.4, -0.2) is 55.5 Å². The van der Waals surface area contributed by atoms with Crippen molar-refractivity contribution >= 4 is 5.69 Å². The van der Waals surface area contributed by atoms with Crippen molar-refractivity contribution in [2.45, 2.75) is 19.6 Å². The van der Waals surface area contributed by atoms with E-state index in [4.69, 9.17) is 9.15 Å². The number of aryl methyl sites for hydroxylation is 1. The first-order chi connectivity index (χ1) is 11.7. The molecule has 1 N–H and O–H groups in total. The molecule has 1 saturated heterocycles. The van der Waals surface area contributed by atoms with Crippen LogP contribution < -0.4 is 4.90 Å². The van der Waals surface area contributed by atoms with Gasteiger partial charge >= 0.3 is 0 Å². The van der Waals surface area contributed by atoms with Gasteiger partial charge in [-0.3, -0.25) is 4.90 Å². The van der Waals surface area contributed by atoms with Crippen LogP contribution in [0.25, 0.3) is 0 Å². The number of benzene rings is 1. The summed E-state index contributed by atoms with van der Waals surface area (Å²) in [6.07, 6.45) is 1.27. The summed E-state index contributed by atoms with van der Waals surface area (Å²) in [5.41, 5.74) is 2.32. The second kappa shape index (κ2) is 8.33. The second-order valence-electron chi connectivity index (χ2n) is 6.36. The first-order valence-electron chi connectivity index (χ1n) is 8.53. The van der Waals surface area contributed by atoms with Crippen molar-refractivity contribution in [1.29, 1.82) is 0 Å². The third-order valence-corrected chi connectivity index (χ3v) is 4.33. The molecule has 1 aromatic carbocycles. The fourth-order valence-electron chi connectivity index (χ4n) is 3.00. The number of hydrogen-bond acceptors (Lipinski definition) is 5. The van der Waals surface area contributed by atoms with E-state index in [1.165, 1.54) is 5.56 Å². The van der Waals surface area contributed by atoms with Gasteiger partial charge in [0.05, 0.1) is 32.1 Å². The molecule has 5 heteroatoms. The SMILES string of the molecule is Cc1ccc(N(Cc2ccco2)CC(O)CN2CCOCC2)cc1. The number of rotatable bonds is 7. The van der Waals surface area contributed by atoms with Crippen LogP contribution in [0.3, 0.4) is 0 Å².